The molecule has 0 unspecified atom stereocenters. The van der Waals surface area contributed by atoms with Crippen LogP contribution in [0, 0.1) is 35.6 Å². The van der Waals surface area contributed by atoms with Gasteiger partial charge in [-0.1, -0.05) is 0 Å². The molecule has 0 fully saturated rings. The average molecular weight is 195 g/mol. The molecule has 0 saturated heterocycles. The Labute approximate surface area is 60.3 Å². The summed E-state index contributed by atoms with van der Waals surface area (Å²) in [5, 5.41) is 0. The Morgan fingerprint density at radius 1 is 1.75 bits per heavy atom. The minimum Gasteiger partial charge on any atom is 0 e. The summed E-state index contributed by atoms with van der Waals surface area (Å²) >= 11 is -0.500. The van der Waals surface area contributed by atoms with Crippen molar-refractivity contribution in [2.75, 3.05) is 0 Å². The van der Waals surface area contributed by atoms with Gasteiger partial charge in [-0.15, -0.1) is 0 Å². The fraction of sp³-hybridized carbons (Fsp3) is 0. The standard InChI is InChI=1S/Al.BH2.La.O/h;1H2;;/q-1;+1;;. The van der Waals surface area contributed by atoms with E-state index in [0.717, 1.165) is 0 Å². The molecule has 1 nitrogen and oxygen atoms in total. The van der Waals surface area contributed by atoms with Crippen molar-refractivity contribution in [3.8, 4) is 0 Å². The maximum absolute atomic E-state index is 9.01. The van der Waals surface area contributed by atoms with Crippen LogP contribution in [0.4, 0.5) is 0 Å². The van der Waals surface area contributed by atoms with Gasteiger partial charge in [-0.3, -0.25) is 0 Å². The first-order valence-electron chi connectivity index (χ1n) is 0.813. The first kappa shape index (κ1) is 9.14. The van der Waals surface area contributed by atoms with E-state index in [2.05, 4.69) is 0 Å². The van der Waals surface area contributed by atoms with E-state index in [1.807, 2.05) is 0 Å². The zero-order valence-corrected chi connectivity index (χ0v) is 7.34. The number of hydrogen-bond donors (Lipinski definition) is 0. The molecule has 0 N–H and O–H groups in total. The first-order chi connectivity index (χ1) is 1.41. The van der Waals surface area contributed by atoms with Crippen LogP contribution in [0.3, 0.4) is 0 Å². The molecule has 0 amide bonds. The van der Waals surface area contributed by atoms with Crippen molar-refractivity contribution in [1.29, 1.82) is 0 Å². The molecule has 4 heteroatoms. The van der Waals surface area contributed by atoms with E-state index in [9.17, 15) is 0 Å². The molecule has 17 valence electrons. The predicted molar refractivity (Wildman–Crippen MR) is 15.0 cm³/mol. The van der Waals surface area contributed by atoms with E-state index in [4.69, 9.17) is 3.80 Å². The van der Waals surface area contributed by atoms with Gasteiger partial charge < -0.3 is 0 Å². The summed E-state index contributed by atoms with van der Waals surface area (Å²) in [7, 11) is 0. The van der Waals surface area contributed by atoms with Crippen LogP contribution in [0.1, 0.15) is 0 Å². The van der Waals surface area contributed by atoms with E-state index in [1.165, 1.54) is 0 Å². The quantitative estimate of drug-likeness (QED) is 0.433. The van der Waals surface area contributed by atoms with Crippen molar-refractivity contribution in [3.05, 3.63) is 0 Å². The van der Waals surface area contributed by atoms with Crippen LogP contribution in [0.5, 0.6) is 0 Å². The van der Waals surface area contributed by atoms with Crippen molar-refractivity contribution >= 4 is 21.6 Å². The third kappa shape index (κ3) is 9.52. The van der Waals surface area contributed by atoms with E-state index in [0.29, 0.717) is 0 Å². The summed E-state index contributed by atoms with van der Waals surface area (Å²) in [5.74, 6) is 0. The van der Waals surface area contributed by atoms with Crippen molar-refractivity contribution in [2.24, 2.45) is 0 Å². The van der Waals surface area contributed by atoms with E-state index < -0.39 is 15.0 Å². The van der Waals surface area contributed by atoms with Gasteiger partial charge in [0.1, 0.15) is 0 Å². The Balaban J connectivity index is 0. The summed E-state index contributed by atoms with van der Waals surface area (Å²) in [4.78, 5) is 0. The van der Waals surface area contributed by atoms with Crippen molar-refractivity contribution in [1.82, 2.24) is 0 Å². The normalized spacial score (nSPS) is 2.00. The summed E-state index contributed by atoms with van der Waals surface area (Å²) < 4.78 is 9.01. The zero-order chi connectivity index (χ0) is 2.71. The molecule has 1 radical (unpaired) electrons. The fourth-order valence-electron chi connectivity index (χ4n) is 0. The Morgan fingerprint density at radius 3 is 1.75 bits per heavy atom. The summed E-state index contributed by atoms with van der Waals surface area (Å²) in [6.45, 7) is 1.65. The molecule has 0 heterocycles. The second kappa shape index (κ2) is 8.82. The largest absolute Gasteiger partial charge is 0 e. The van der Waals surface area contributed by atoms with E-state index >= 15 is 0 Å². The molecule has 0 saturated carbocycles. The van der Waals surface area contributed by atoms with Gasteiger partial charge in [0, 0.05) is 35.6 Å². The molecule has 0 aromatic rings. The molecular weight excluding hydrogens is 193 g/mol. The molecule has 4 heavy (non-hydrogen) atoms. The average Bonchev–Trinajstić information content (AvgIpc) is 0.918. The molecule has 0 rings (SSSR count). The Bertz CT molecular complexity index is 15.5. The van der Waals surface area contributed by atoms with E-state index in [1.54, 1.807) is 6.62 Å². The third-order valence-corrected chi connectivity index (χ3v) is 0. The number of hydrogen-bond acceptors (Lipinski definition) is 1. The monoisotopic (exact) mass is 195 g/mol. The minimum absolute atomic E-state index is 0. The Kier molecular flexibility index (Phi) is 20.1. The molecule has 0 bridgehead atoms. The predicted octanol–water partition coefficient (Wildman–Crippen LogP) is -1.42. The molecular formula is H2AlBLaO. The van der Waals surface area contributed by atoms with Crippen LogP contribution >= 0.6 is 0 Å². The number of rotatable bonds is 0. The SMILES string of the molecule is [BH2][Al]=[O].[La]. The van der Waals surface area contributed by atoms with Gasteiger partial charge in [0.2, 0.25) is 0 Å². The summed E-state index contributed by atoms with van der Waals surface area (Å²) in [5.41, 5.74) is 0. The minimum atomic E-state index is -0.500. The van der Waals surface area contributed by atoms with Gasteiger partial charge in [-0.2, -0.15) is 0 Å². The van der Waals surface area contributed by atoms with Gasteiger partial charge in [0.25, 0.3) is 0 Å². The molecule has 0 aliphatic heterocycles. The van der Waals surface area contributed by atoms with Crippen LogP contribution in [-0.2, 0) is 3.80 Å². The van der Waals surface area contributed by atoms with Crippen LogP contribution in [-0.4, -0.2) is 21.6 Å². The van der Waals surface area contributed by atoms with Crippen molar-refractivity contribution in [3.63, 3.8) is 0 Å². The van der Waals surface area contributed by atoms with Gasteiger partial charge in [0.15, 0.2) is 0 Å². The van der Waals surface area contributed by atoms with Crippen molar-refractivity contribution in [2.45, 2.75) is 0 Å². The summed E-state index contributed by atoms with van der Waals surface area (Å²) in [6, 6.07) is 0. The molecule has 0 aromatic heterocycles. The Hall–Kier alpha value is 1.59. The van der Waals surface area contributed by atoms with Gasteiger partial charge in [-0.05, 0) is 0 Å². The Morgan fingerprint density at radius 2 is 1.75 bits per heavy atom. The molecule has 0 aliphatic carbocycles. The molecule has 0 atom stereocenters. The summed E-state index contributed by atoms with van der Waals surface area (Å²) in [6.07, 6.45) is 0. The van der Waals surface area contributed by atoms with Gasteiger partial charge in [-0.25, -0.2) is 0 Å². The maximum atomic E-state index is 9.01. The van der Waals surface area contributed by atoms with Gasteiger partial charge >= 0.3 is 25.4 Å². The van der Waals surface area contributed by atoms with E-state index in [-0.39, 0.29) is 35.6 Å². The zero-order valence-electron chi connectivity index (χ0n) is 2.56. The fourth-order valence-corrected chi connectivity index (χ4v) is 0. The molecule has 0 aromatic carbocycles. The van der Waals surface area contributed by atoms with Crippen LogP contribution < -0.4 is 0 Å². The van der Waals surface area contributed by atoms with Crippen molar-refractivity contribution < 1.29 is 39.4 Å². The topological polar surface area (TPSA) is 17.1 Å². The third-order valence-electron chi connectivity index (χ3n) is 0. The smallest absolute Gasteiger partial charge is 0 e. The van der Waals surface area contributed by atoms with Crippen LogP contribution in [0.15, 0.2) is 0 Å². The van der Waals surface area contributed by atoms with Gasteiger partial charge in [0.05, 0.1) is 0 Å². The second-order valence-corrected chi connectivity index (χ2v) is 0.707. The molecule has 0 aliphatic rings. The second-order valence-electron chi connectivity index (χ2n) is 0.236. The first-order valence-corrected chi connectivity index (χ1v) is 2.44. The molecule has 0 spiro atoms. The van der Waals surface area contributed by atoms with Crippen LogP contribution in [0.2, 0.25) is 0 Å². The van der Waals surface area contributed by atoms with Crippen LogP contribution in [0.25, 0.3) is 0 Å². The maximum Gasteiger partial charge on any atom is 0 e.